The summed E-state index contributed by atoms with van der Waals surface area (Å²) in [5.41, 5.74) is 1.41. The van der Waals surface area contributed by atoms with Crippen molar-refractivity contribution in [2.45, 2.75) is 4.90 Å². The molecular weight excluding hydrogens is 418 g/mol. The predicted octanol–water partition coefficient (Wildman–Crippen LogP) is 3.01. The van der Waals surface area contributed by atoms with Gasteiger partial charge in [0.1, 0.15) is 10.6 Å². The molecule has 3 rings (SSSR count). The number of rotatable bonds is 5. The summed E-state index contributed by atoms with van der Waals surface area (Å²) < 4.78 is 34.1. The molecule has 0 saturated carbocycles. The van der Waals surface area contributed by atoms with Crippen LogP contribution >= 0.6 is 15.9 Å². The van der Waals surface area contributed by atoms with E-state index in [0.717, 1.165) is 37.6 Å². The zero-order valence-electron chi connectivity index (χ0n) is 14.8. The summed E-state index contributed by atoms with van der Waals surface area (Å²) in [6.45, 7) is 3.65. The quantitative estimate of drug-likeness (QED) is 0.775. The Bertz CT molecular complexity index is 881. The Balaban J connectivity index is 1.89. The normalized spacial score (nSPS) is 15.7. The number of anilines is 2. The van der Waals surface area contributed by atoms with Crippen molar-refractivity contribution < 1.29 is 13.2 Å². The van der Waals surface area contributed by atoms with Gasteiger partial charge in [0.25, 0.3) is 10.0 Å². The monoisotopic (exact) mass is 439 g/mol. The summed E-state index contributed by atoms with van der Waals surface area (Å²) in [6, 6.07) is 12.1. The Kier molecular flexibility index (Phi) is 5.74. The van der Waals surface area contributed by atoms with Gasteiger partial charge in [-0.05, 0) is 53.3 Å². The second-order valence-electron chi connectivity index (χ2n) is 6.21. The summed E-state index contributed by atoms with van der Waals surface area (Å²) in [7, 11) is 0.0346. The van der Waals surface area contributed by atoms with E-state index in [4.69, 9.17) is 4.74 Å². The SMILES string of the molecule is COc1ccc(NS(=O)(=O)c2ccccc2Br)cc1N1CCN(C)CC1. The van der Waals surface area contributed by atoms with Crippen molar-refractivity contribution in [2.24, 2.45) is 0 Å². The molecule has 1 heterocycles. The second-order valence-corrected chi connectivity index (χ2v) is 8.72. The summed E-state index contributed by atoms with van der Waals surface area (Å²) in [5.74, 6) is 0.735. The maximum absolute atomic E-state index is 12.7. The average molecular weight is 440 g/mol. The highest BCUT2D eigenvalue weighted by atomic mass is 79.9. The first-order chi connectivity index (χ1) is 12.4. The third kappa shape index (κ3) is 4.13. The topological polar surface area (TPSA) is 61.9 Å². The largest absolute Gasteiger partial charge is 0.495 e. The van der Waals surface area contributed by atoms with Gasteiger partial charge in [0.05, 0.1) is 18.5 Å². The molecule has 1 N–H and O–H groups in total. The molecule has 2 aromatic rings. The molecule has 140 valence electrons. The number of methoxy groups -OCH3 is 1. The minimum absolute atomic E-state index is 0.206. The van der Waals surface area contributed by atoms with E-state index in [2.05, 4.69) is 37.5 Å². The van der Waals surface area contributed by atoms with Crippen molar-refractivity contribution in [3.63, 3.8) is 0 Å². The van der Waals surface area contributed by atoms with Crippen LogP contribution in [0.5, 0.6) is 5.75 Å². The lowest BCUT2D eigenvalue weighted by Gasteiger charge is -2.35. The predicted molar refractivity (Wildman–Crippen MR) is 108 cm³/mol. The number of nitrogens with zero attached hydrogens (tertiary/aromatic N) is 2. The Morgan fingerprint density at radius 2 is 1.77 bits per heavy atom. The van der Waals surface area contributed by atoms with Gasteiger partial charge in [-0.1, -0.05) is 12.1 Å². The molecule has 6 nitrogen and oxygen atoms in total. The smallest absolute Gasteiger partial charge is 0.263 e. The number of halogens is 1. The molecule has 1 aliphatic rings. The molecule has 0 atom stereocenters. The Morgan fingerprint density at radius 3 is 2.42 bits per heavy atom. The number of hydrogen-bond acceptors (Lipinski definition) is 5. The van der Waals surface area contributed by atoms with Crippen molar-refractivity contribution in [1.82, 2.24) is 4.90 Å². The van der Waals surface area contributed by atoms with E-state index in [0.29, 0.717) is 10.2 Å². The van der Waals surface area contributed by atoms with Gasteiger partial charge in [0, 0.05) is 30.7 Å². The Labute approximate surface area is 162 Å². The molecule has 2 aromatic carbocycles. The fraction of sp³-hybridized carbons (Fsp3) is 0.333. The highest BCUT2D eigenvalue weighted by molar-refractivity contribution is 9.10. The van der Waals surface area contributed by atoms with Crippen LogP contribution in [0.1, 0.15) is 0 Å². The molecule has 1 saturated heterocycles. The van der Waals surface area contributed by atoms with Crippen LogP contribution in [0.4, 0.5) is 11.4 Å². The van der Waals surface area contributed by atoms with Gasteiger partial charge in [0.15, 0.2) is 0 Å². The minimum Gasteiger partial charge on any atom is -0.495 e. The number of piperazine rings is 1. The fourth-order valence-corrected chi connectivity index (χ4v) is 4.97. The van der Waals surface area contributed by atoms with Crippen LogP contribution in [0.2, 0.25) is 0 Å². The summed E-state index contributed by atoms with van der Waals surface area (Å²) in [5, 5.41) is 0. The van der Waals surface area contributed by atoms with E-state index < -0.39 is 10.0 Å². The zero-order valence-corrected chi connectivity index (χ0v) is 17.2. The van der Waals surface area contributed by atoms with E-state index in [1.807, 2.05) is 6.07 Å². The number of likely N-dealkylation sites (N-methyl/N-ethyl adjacent to an activating group) is 1. The molecule has 8 heteroatoms. The first kappa shape index (κ1) is 19.0. The van der Waals surface area contributed by atoms with Crippen LogP contribution in [-0.4, -0.2) is 53.7 Å². The molecule has 1 aliphatic heterocycles. The van der Waals surface area contributed by atoms with Crippen LogP contribution in [0.15, 0.2) is 51.8 Å². The molecule has 0 unspecified atom stereocenters. The highest BCUT2D eigenvalue weighted by Gasteiger charge is 2.21. The zero-order chi connectivity index (χ0) is 18.7. The molecule has 0 spiro atoms. The first-order valence-corrected chi connectivity index (χ1v) is 10.6. The van der Waals surface area contributed by atoms with Gasteiger partial charge in [-0.25, -0.2) is 8.42 Å². The molecule has 1 fully saturated rings. The maximum Gasteiger partial charge on any atom is 0.263 e. The third-order valence-electron chi connectivity index (χ3n) is 4.40. The van der Waals surface area contributed by atoms with Gasteiger partial charge < -0.3 is 14.5 Å². The summed E-state index contributed by atoms with van der Waals surface area (Å²) in [4.78, 5) is 4.69. The van der Waals surface area contributed by atoms with Crippen LogP contribution in [-0.2, 0) is 10.0 Å². The van der Waals surface area contributed by atoms with E-state index in [9.17, 15) is 8.42 Å². The first-order valence-electron chi connectivity index (χ1n) is 8.29. The number of sulfonamides is 1. The molecule has 0 radical (unpaired) electrons. The van der Waals surface area contributed by atoms with Gasteiger partial charge >= 0.3 is 0 Å². The molecular formula is C18H22BrN3O3S. The number of hydrogen-bond donors (Lipinski definition) is 1. The maximum atomic E-state index is 12.7. The molecule has 0 bridgehead atoms. The fourth-order valence-electron chi connectivity index (χ4n) is 2.92. The van der Waals surface area contributed by atoms with Gasteiger partial charge in [-0.15, -0.1) is 0 Å². The number of benzene rings is 2. The van der Waals surface area contributed by atoms with Crippen LogP contribution in [0, 0.1) is 0 Å². The minimum atomic E-state index is -3.68. The molecule has 0 amide bonds. The van der Waals surface area contributed by atoms with Gasteiger partial charge in [-0.3, -0.25) is 4.72 Å². The van der Waals surface area contributed by atoms with Crippen LogP contribution in [0.25, 0.3) is 0 Å². The standard InChI is InChI=1S/C18H22BrN3O3S/c1-21-9-11-22(12-10-21)16-13-14(7-8-17(16)25-2)20-26(23,24)18-6-4-3-5-15(18)19/h3-8,13,20H,9-12H2,1-2H3. The lowest BCUT2D eigenvalue weighted by atomic mass is 10.2. The van der Waals surface area contributed by atoms with Gasteiger partial charge in [0.2, 0.25) is 0 Å². The molecule has 0 aromatic heterocycles. The summed E-state index contributed by atoms with van der Waals surface area (Å²) >= 11 is 3.30. The Hall–Kier alpha value is -1.77. The van der Waals surface area contributed by atoms with Crippen molar-refractivity contribution in [2.75, 3.05) is 50.0 Å². The van der Waals surface area contributed by atoms with Crippen molar-refractivity contribution in [3.05, 3.63) is 46.9 Å². The number of ether oxygens (including phenoxy) is 1. The molecule has 26 heavy (non-hydrogen) atoms. The van der Waals surface area contributed by atoms with E-state index in [-0.39, 0.29) is 4.90 Å². The lowest BCUT2D eigenvalue weighted by Crippen LogP contribution is -2.44. The molecule has 0 aliphatic carbocycles. The second kappa shape index (κ2) is 7.85. The van der Waals surface area contributed by atoms with Crippen molar-refractivity contribution >= 4 is 37.3 Å². The van der Waals surface area contributed by atoms with E-state index in [1.165, 1.54) is 0 Å². The van der Waals surface area contributed by atoms with E-state index in [1.54, 1.807) is 43.5 Å². The van der Waals surface area contributed by atoms with Gasteiger partial charge in [-0.2, -0.15) is 0 Å². The highest BCUT2D eigenvalue weighted by Crippen LogP contribution is 2.33. The van der Waals surface area contributed by atoms with Crippen molar-refractivity contribution in [1.29, 1.82) is 0 Å². The average Bonchev–Trinajstić information content (AvgIpc) is 2.62. The Morgan fingerprint density at radius 1 is 1.08 bits per heavy atom. The number of nitrogens with one attached hydrogen (secondary N) is 1. The van der Waals surface area contributed by atoms with E-state index >= 15 is 0 Å². The third-order valence-corrected chi connectivity index (χ3v) is 6.79. The van der Waals surface area contributed by atoms with Crippen LogP contribution in [0.3, 0.4) is 0 Å². The van der Waals surface area contributed by atoms with Crippen LogP contribution < -0.4 is 14.4 Å². The summed E-state index contributed by atoms with van der Waals surface area (Å²) in [6.07, 6.45) is 0. The van der Waals surface area contributed by atoms with Crippen molar-refractivity contribution in [3.8, 4) is 5.75 Å². The lowest BCUT2D eigenvalue weighted by molar-refractivity contribution is 0.311.